The van der Waals surface area contributed by atoms with Gasteiger partial charge in [-0.3, -0.25) is 9.79 Å². The molecule has 1 aromatic carbocycles. The van der Waals surface area contributed by atoms with E-state index in [-0.39, 0.29) is 5.75 Å². The van der Waals surface area contributed by atoms with Crippen molar-refractivity contribution >= 4 is 18.7 Å². The number of phosphoric ester groups is 1. The minimum Gasteiger partial charge on any atom is -0.404 e. The molecule has 0 spiro atoms. The highest BCUT2D eigenvalue weighted by molar-refractivity contribution is 7.46. The number of aromatic nitrogens is 1. The van der Waals surface area contributed by atoms with E-state index in [4.69, 9.17) is 14.3 Å². The number of quaternary nitrogens is 1. The van der Waals surface area contributed by atoms with E-state index in [1.807, 2.05) is 12.3 Å². The van der Waals surface area contributed by atoms with Gasteiger partial charge in [0.25, 0.3) is 0 Å². The van der Waals surface area contributed by atoms with Gasteiger partial charge in [0.05, 0.1) is 20.6 Å². The second-order valence-electron chi connectivity index (χ2n) is 4.78. The first kappa shape index (κ1) is 14.1. The number of H-pyrrole nitrogens is 1. The summed E-state index contributed by atoms with van der Waals surface area (Å²) < 4.78 is 15.8. The van der Waals surface area contributed by atoms with Gasteiger partial charge in [0, 0.05) is 23.5 Å². The third-order valence-electron chi connectivity index (χ3n) is 2.86. The number of likely N-dealkylation sites (N-methyl/N-ethyl adjacent to an activating group) is 1. The largest absolute Gasteiger partial charge is 0.524 e. The zero-order valence-electron chi connectivity index (χ0n) is 10.9. The van der Waals surface area contributed by atoms with Crippen molar-refractivity contribution in [3.05, 3.63) is 30.0 Å². The molecule has 0 aliphatic rings. The predicted octanol–water partition coefficient (Wildman–Crippen LogP) is 0.326. The zero-order valence-corrected chi connectivity index (χ0v) is 11.8. The van der Waals surface area contributed by atoms with Crippen LogP contribution in [0.2, 0.25) is 0 Å². The second-order valence-corrected chi connectivity index (χ2v) is 5.95. The van der Waals surface area contributed by atoms with Crippen LogP contribution >= 0.6 is 7.82 Å². The first-order valence-electron chi connectivity index (χ1n) is 6.00. The van der Waals surface area contributed by atoms with Crippen LogP contribution in [0.5, 0.6) is 5.75 Å². The molecule has 0 aliphatic carbocycles. The Hall–Kier alpha value is -1.33. The van der Waals surface area contributed by atoms with Crippen molar-refractivity contribution in [3.63, 3.8) is 0 Å². The van der Waals surface area contributed by atoms with Crippen LogP contribution in [0.1, 0.15) is 5.56 Å². The number of rotatable bonds is 5. The molecule has 2 rings (SSSR count). The average molecular weight is 285 g/mol. The second kappa shape index (κ2) is 5.35. The molecular formula is C12H18N2O4P+. The van der Waals surface area contributed by atoms with E-state index in [2.05, 4.69) is 19.1 Å². The summed E-state index contributed by atoms with van der Waals surface area (Å²) in [6.45, 7) is 0.928. The standard InChI is InChI=1S/C12H17N2O4P/c1-14(2)7-6-9-8-13-10-4-3-5-11(12(9)10)18-19(15,16)17/h3-5,8,13H,6-7H2,1-2H3,(H2,15,16,17)/p+1. The molecule has 0 saturated heterocycles. The highest BCUT2D eigenvalue weighted by Gasteiger charge is 2.19. The van der Waals surface area contributed by atoms with Crippen LogP contribution in [0.25, 0.3) is 10.9 Å². The minimum absolute atomic E-state index is 0.218. The molecule has 1 aromatic heterocycles. The first-order valence-corrected chi connectivity index (χ1v) is 7.53. The van der Waals surface area contributed by atoms with Gasteiger partial charge in [-0.05, 0) is 17.7 Å². The molecule has 0 unspecified atom stereocenters. The zero-order chi connectivity index (χ0) is 14.0. The Morgan fingerprint density at radius 2 is 2.11 bits per heavy atom. The molecule has 4 N–H and O–H groups in total. The molecule has 19 heavy (non-hydrogen) atoms. The lowest BCUT2D eigenvalue weighted by molar-refractivity contribution is -0.858. The van der Waals surface area contributed by atoms with Gasteiger partial charge in [-0.2, -0.15) is 0 Å². The first-order chi connectivity index (χ1) is 8.87. The normalized spacial score (nSPS) is 12.3. The Kier molecular flexibility index (Phi) is 3.96. The third kappa shape index (κ3) is 3.58. The molecule has 0 aliphatic heterocycles. The van der Waals surface area contributed by atoms with Crippen molar-refractivity contribution in [2.75, 3.05) is 20.6 Å². The Bertz CT molecular complexity index is 617. The van der Waals surface area contributed by atoms with Crippen LogP contribution in [0.3, 0.4) is 0 Å². The van der Waals surface area contributed by atoms with Crippen molar-refractivity contribution in [2.24, 2.45) is 0 Å². The lowest BCUT2D eigenvalue weighted by atomic mass is 10.1. The van der Waals surface area contributed by atoms with Gasteiger partial charge in [0.2, 0.25) is 0 Å². The maximum absolute atomic E-state index is 11.0. The van der Waals surface area contributed by atoms with E-state index in [1.54, 1.807) is 12.1 Å². The monoisotopic (exact) mass is 285 g/mol. The summed E-state index contributed by atoms with van der Waals surface area (Å²) in [4.78, 5) is 22.3. The molecule has 0 saturated carbocycles. The van der Waals surface area contributed by atoms with E-state index in [0.29, 0.717) is 0 Å². The molecular weight excluding hydrogens is 267 g/mol. The molecule has 1 heterocycles. The lowest BCUT2D eigenvalue weighted by Crippen LogP contribution is -3.05. The Balaban J connectivity index is 2.40. The van der Waals surface area contributed by atoms with Crippen LogP contribution in [-0.4, -0.2) is 35.4 Å². The molecule has 0 radical (unpaired) electrons. The molecule has 104 valence electrons. The van der Waals surface area contributed by atoms with Gasteiger partial charge in [0.1, 0.15) is 5.75 Å². The van der Waals surface area contributed by atoms with Gasteiger partial charge < -0.3 is 14.4 Å². The number of hydrogen-bond donors (Lipinski definition) is 4. The Morgan fingerprint density at radius 1 is 1.37 bits per heavy atom. The van der Waals surface area contributed by atoms with E-state index in [9.17, 15) is 4.57 Å². The number of aromatic amines is 1. The van der Waals surface area contributed by atoms with Crippen molar-refractivity contribution in [2.45, 2.75) is 6.42 Å². The van der Waals surface area contributed by atoms with E-state index < -0.39 is 7.82 Å². The molecule has 0 bridgehead atoms. The number of nitrogens with one attached hydrogen (secondary N) is 2. The van der Waals surface area contributed by atoms with Crippen LogP contribution in [0, 0.1) is 0 Å². The van der Waals surface area contributed by atoms with Gasteiger partial charge in [0.15, 0.2) is 0 Å². The van der Waals surface area contributed by atoms with Gasteiger partial charge >= 0.3 is 7.82 Å². The van der Waals surface area contributed by atoms with Crippen LogP contribution in [-0.2, 0) is 11.0 Å². The Labute approximate surface area is 111 Å². The van der Waals surface area contributed by atoms with Crippen LogP contribution in [0.15, 0.2) is 24.4 Å². The molecule has 0 fully saturated rings. The van der Waals surface area contributed by atoms with Gasteiger partial charge in [-0.1, -0.05) is 6.07 Å². The van der Waals surface area contributed by atoms with Crippen LogP contribution in [0.4, 0.5) is 0 Å². The Morgan fingerprint density at radius 3 is 2.74 bits per heavy atom. The summed E-state index contributed by atoms with van der Waals surface area (Å²) in [5.41, 5.74) is 1.81. The van der Waals surface area contributed by atoms with Crippen LogP contribution < -0.4 is 9.42 Å². The minimum atomic E-state index is -4.54. The summed E-state index contributed by atoms with van der Waals surface area (Å²) in [6, 6.07) is 5.12. The van der Waals surface area contributed by atoms with Crippen molar-refractivity contribution < 1.29 is 23.8 Å². The smallest absolute Gasteiger partial charge is 0.404 e. The topological polar surface area (TPSA) is 87.0 Å². The quantitative estimate of drug-likeness (QED) is 0.596. The van der Waals surface area contributed by atoms with Gasteiger partial charge in [-0.15, -0.1) is 0 Å². The SMILES string of the molecule is C[NH+](C)CCc1c[nH]c2cccc(OP(=O)(O)O)c12. The van der Waals surface area contributed by atoms with E-state index in [1.165, 1.54) is 4.90 Å². The molecule has 2 aromatic rings. The maximum atomic E-state index is 11.0. The summed E-state index contributed by atoms with van der Waals surface area (Å²) in [5, 5.41) is 0.743. The fourth-order valence-electron chi connectivity index (χ4n) is 2.01. The summed E-state index contributed by atoms with van der Waals surface area (Å²) >= 11 is 0. The van der Waals surface area contributed by atoms with Crippen molar-refractivity contribution in [1.82, 2.24) is 4.98 Å². The third-order valence-corrected chi connectivity index (χ3v) is 3.30. The number of benzene rings is 1. The predicted molar refractivity (Wildman–Crippen MR) is 72.4 cm³/mol. The number of hydrogen-bond acceptors (Lipinski definition) is 2. The van der Waals surface area contributed by atoms with E-state index >= 15 is 0 Å². The highest BCUT2D eigenvalue weighted by atomic mass is 31.2. The molecule has 7 heteroatoms. The number of phosphoric acid groups is 1. The maximum Gasteiger partial charge on any atom is 0.524 e. The lowest BCUT2D eigenvalue weighted by Gasteiger charge is -2.10. The molecule has 0 amide bonds. The van der Waals surface area contributed by atoms with Crippen molar-refractivity contribution in [1.29, 1.82) is 0 Å². The number of fused-ring (bicyclic) bond motifs is 1. The van der Waals surface area contributed by atoms with Crippen molar-refractivity contribution in [3.8, 4) is 5.75 Å². The summed E-state index contributed by atoms with van der Waals surface area (Å²) in [7, 11) is -0.430. The summed E-state index contributed by atoms with van der Waals surface area (Å²) in [6.07, 6.45) is 2.67. The highest BCUT2D eigenvalue weighted by Crippen LogP contribution is 2.41. The summed E-state index contributed by atoms with van der Waals surface area (Å²) in [5.74, 6) is 0.218. The van der Waals surface area contributed by atoms with Gasteiger partial charge in [-0.25, -0.2) is 4.57 Å². The average Bonchev–Trinajstić information content (AvgIpc) is 2.68. The molecule has 0 atom stereocenters. The molecule has 6 nitrogen and oxygen atoms in total. The van der Waals surface area contributed by atoms with E-state index in [0.717, 1.165) is 29.4 Å². The fraction of sp³-hybridized carbons (Fsp3) is 0.333. The fourth-order valence-corrected chi connectivity index (χ4v) is 2.41.